The molecule has 0 N–H and O–H groups in total. The summed E-state index contributed by atoms with van der Waals surface area (Å²) in [6, 6.07) is 45.3. The minimum atomic E-state index is 0.951. The lowest BCUT2D eigenvalue weighted by Crippen LogP contribution is -1.90. The number of rotatable bonds is 3. The molecule has 5 aromatic carbocycles. The molecule has 0 radical (unpaired) electrons. The van der Waals surface area contributed by atoms with Crippen LogP contribution >= 0.6 is 11.3 Å². The van der Waals surface area contributed by atoms with E-state index in [-0.39, 0.29) is 0 Å². The Labute approximate surface area is 246 Å². The van der Waals surface area contributed by atoms with Gasteiger partial charge >= 0.3 is 0 Å². The molecule has 0 unspecified atom stereocenters. The highest BCUT2D eigenvalue weighted by atomic mass is 32.1. The molecule has 0 spiro atoms. The number of benzene rings is 5. The average Bonchev–Trinajstić information content (AvgIpc) is 3.66. The lowest BCUT2D eigenvalue weighted by Gasteiger charge is -2.12. The summed E-state index contributed by atoms with van der Waals surface area (Å²) in [5, 5.41) is 6.30. The number of imidazole rings is 1. The van der Waals surface area contributed by atoms with Crippen molar-refractivity contribution in [3.05, 3.63) is 140 Å². The fourth-order valence-corrected chi connectivity index (χ4v) is 7.45. The summed E-state index contributed by atoms with van der Waals surface area (Å²) in [7, 11) is 0. The summed E-state index contributed by atoms with van der Waals surface area (Å²) in [6.45, 7) is 0. The van der Waals surface area contributed by atoms with Crippen LogP contribution in [0.25, 0.3) is 81.1 Å². The first-order chi connectivity index (χ1) is 20.8. The van der Waals surface area contributed by atoms with E-state index in [4.69, 9.17) is 9.97 Å². The summed E-state index contributed by atoms with van der Waals surface area (Å²) in [4.78, 5) is 10.0. The Kier molecular flexibility index (Phi) is 5.07. The molecule has 0 saturated heterocycles. The highest BCUT2D eigenvalue weighted by Crippen LogP contribution is 2.43. The molecule has 4 heterocycles. The van der Waals surface area contributed by atoms with Crippen LogP contribution in [0.2, 0.25) is 0 Å². The van der Waals surface area contributed by atoms with E-state index in [1.807, 2.05) is 35.7 Å². The zero-order valence-corrected chi connectivity index (χ0v) is 23.3. The van der Waals surface area contributed by atoms with Crippen molar-refractivity contribution in [1.82, 2.24) is 14.4 Å². The molecule has 4 heteroatoms. The molecule has 0 amide bonds. The molecule has 42 heavy (non-hydrogen) atoms. The highest BCUT2D eigenvalue weighted by molar-refractivity contribution is 7.26. The molecule has 4 aromatic heterocycles. The predicted octanol–water partition coefficient (Wildman–Crippen LogP) is 10.4. The molecular weight excluding hydrogens is 531 g/mol. The number of hydrogen-bond acceptors (Lipinski definition) is 3. The van der Waals surface area contributed by atoms with Crippen molar-refractivity contribution in [3.8, 4) is 33.6 Å². The van der Waals surface area contributed by atoms with Gasteiger partial charge in [-0.05, 0) is 41.5 Å². The second kappa shape index (κ2) is 9.10. The Morgan fingerprint density at radius 3 is 2.19 bits per heavy atom. The maximum Gasteiger partial charge on any atom is 0.137 e. The number of aromatic nitrogens is 3. The van der Waals surface area contributed by atoms with Crippen LogP contribution in [0.3, 0.4) is 0 Å². The van der Waals surface area contributed by atoms with Crippen molar-refractivity contribution in [2.75, 3.05) is 0 Å². The Bertz CT molecular complexity index is 2430. The molecule has 0 saturated carbocycles. The van der Waals surface area contributed by atoms with Crippen LogP contribution < -0.4 is 0 Å². The van der Waals surface area contributed by atoms with Gasteiger partial charge in [0.1, 0.15) is 5.65 Å². The lowest BCUT2D eigenvalue weighted by atomic mass is 9.95. The van der Waals surface area contributed by atoms with Gasteiger partial charge in [0, 0.05) is 59.9 Å². The van der Waals surface area contributed by atoms with Gasteiger partial charge in [-0.1, -0.05) is 97.1 Å². The molecule has 0 bridgehead atoms. The Balaban J connectivity index is 1.19. The number of hydrogen-bond donors (Lipinski definition) is 0. The number of fused-ring (bicyclic) bond motifs is 8. The van der Waals surface area contributed by atoms with E-state index in [2.05, 4.69) is 120 Å². The SMILES string of the molecule is c1cc(-c2ccc(-c3cn4ccccc4n3)cc2)cc(-c2nc3ccccc3c3c2ccc2c4ccccc4sc23)c1. The van der Waals surface area contributed by atoms with Gasteiger partial charge in [0.05, 0.1) is 16.9 Å². The molecule has 0 aliphatic carbocycles. The smallest absolute Gasteiger partial charge is 0.137 e. The highest BCUT2D eigenvalue weighted by Gasteiger charge is 2.16. The summed E-state index contributed by atoms with van der Waals surface area (Å²) in [5.74, 6) is 0. The zero-order valence-electron chi connectivity index (χ0n) is 22.5. The fourth-order valence-electron chi connectivity index (χ4n) is 6.19. The maximum absolute atomic E-state index is 5.24. The van der Waals surface area contributed by atoms with Crippen LogP contribution in [-0.4, -0.2) is 14.4 Å². The van der Waals surface area contributed by atoms with Crippen molar-refractivity contribution in [1.29, 1.82) is 0 Å². The summed E-state index contributed by atoms with van der Waals surface area (Å²) in [6.07, 6.45) is 4.11. The monoisotopic (exact) mass is 553 g/mol. The number of thiophene rings is 1. The number of nitrogens with zero attached hydrogens (tertiary/aromatic N) is 3. The van der Waals surface area contributed by atoms with Gasteiger partial charge in [-0.2, -0.15) is 0 Å². The normalized spacial score (nSPS) is 11.8. The second-order valence-corrected chi connectivity index (χ2v) is 11.7. The van der Waals surface area contributed by atoms with E-state index in [0.29, 0.717) is 0 Å². The molecule has 9 rings (SSSR count). The number of pyridine rings is 2. The average molecular weight is 554 g/mol. The maximum atomic E-state index is 5.24. The van der Waals surface area contributed by atoms with Crippen LogP contribution in [0.15, 0.2) is 140 Å². The first kappa shape index (κ1) is 23.4. The summed E-state index contributed by atoms with van der Waals surface area (Å²) >= 11 is 1.88. The van der Waals surface area contributed by atoms with Crippen LogP contribution in [0, 0.1) is 0 Å². The standard InChI is InChI=1S/C38H23N3S/c1-3-12-32-30(11-1)36-31(20-19-29-28-10-2-4-13-34(28)42-38(29)36)37(40-32)27-9-7-8-26(22-27)24-15-17-25(18-16-24)33-23-41-21-6-5-14-35(41)39-33/h1-23H. The van der Waals surface area contributed by atoms with E-state index < -0.39 is 0 Å². The van der Waals surface area contributed by atoms with Gasteiger partial charge in [-0.25, -0.2) is 9.97 Å². The van der Waals surface area contributed by atoms with Gasteiger partial charge < -0.3 is 4.40 Å². The van der Waals surface area contributed by atoms with Crippen molar-refractivity contribution in [2.24, 2.45) is 0 Å². The van der Waals surface area contributed by atoms with E-state index in [9.17, 15) is 0 Å². The van der Waals surface area contributed by atoms with E-state index in [1.54, 1.807) is 0 Å². The van der Waals surface area contributed by atoms with Gasteiger partial charge in [-0.15, -0.1) is 11.3 Å². The molecule has 0 aliphatic rings. The van der Waals surface area contributed by atoms with Crippen LogP contribution in [0.4, 0.5) is 0 Å². The van der Waals surface area contributed by atoms with Crippen molar-refractivity contribution >= 4 is 58.8 Å². The Morgan fingerprint density at radius 2 is 1.29 bits per heavy atom. The third-order valence-corrected chi connectivity index (χ3v) is 9.43. The fraction of sp³-hybridized carbons (Fsp3) is 0. The van der Waals surface area contributed by atoms with E-state index in [0.717, 1.165) is 33.7 Å². The quantitative estimate of drug-likeness (QED) is 0.204. The predicted molar refractivity (Wildman–Crippen MR) is 177 cm³/mol. The van der Waals surface area contributed by atoms with Gasteiger partial charge in [0.15, 0.2) is 0 Å². The summed E-state index contributed by atoms with van der Waals surface area (Å²) < 4.78 is 4.70. The topological polar surface area (TPSA) is 30.2 Å². The second-order valence-electron chi connectivity index (χ2n) is 10.7. The molecule has 3 nitrogen and oxygen atoms in total. The molecule has 0 fully saturated rings. The molecule has 0 atom stereocenters. The molecule has 0 aliphatic heterocycles. The van der Waals surface area contributed by atoms with Crippen molar-refractivity contribution < 1.29 is 0 Å². The molecular formula is C38H23N3S. The Morgan fingerprint density at radius 1 is 0.524 bits per heavy atom. The van der Waals surface area contributed by atoms with Crippen molar-refractivity contribution in [2.45, 2.75) is 0 Å². The lowest BCUT2D eigenvalue weighted by molar-refractivity contribution is 1.19. The zero-order chi connectivity index (χ0) is 27.6. The first-order valence-electron chi connectivity index (χ1n) is 14.1. The van der Waals surface area contributed by atoms with Crippen LogP contribution in [0.5, 0.6) is 0 Å². The van der Waals surface area contributed by atoms with E-state index >= 15 is 0 Å². The third kappa shape index (κ3) is 3.59. The third-order valence-electron chi connectivity index (χ3n) is 8.22. The minimum absolute atomic E-state index is 0.951. The van der Waals surface area contributed by atoms with Gasteiger partial charge in [0.2, 0.25) is 0 Å². The van der Waals surface area contributed by atoms with Crippen molar-refractivity contribution in [3.63, 3.8) is 0 Å². The van der Waals surface area contributed by atoms with Gasteiger partial charge in [0.25, 0.3) is 0 Å². The molecule has 196 valence electrons. The van der Waals surface area contributed by atoms with E-state index in [1.165, 1.54) is 47.5 Å². The van der Waals surface area contributed by atoms with Gasteiger partial charge in [-0.3, -0.25) is 0 Å². The number of para-hydroxylation sites is 1. The van der Waals surface area contributed by atoms with Crippen LogP contribution in [-0.2, 0) is 0 Å². The largest absolute Gasteiger partial charge is 0.306 e. The van der Waals surface area contributed by atoms with Crippen LogP contribution in [0.1, 0.15) is 0 Å². The minimum Gasteiger partial charge on any atom is -0.306 e. The first-order valence-corrected chi connectivity index (χ1v) is 14.9. The Hall–Kier alpha value is -5.32. The summed E-state index contributed by atoms with van der Waals surface area (Å²) in [5.41, 5.74) is 8.52. The molecule has 9 aromatic rings.